The molecule has 1 amide bonds. The quantitative estimate of drug-likeness (QED) is 0.256. The van der Waals surface area contributed by atoms with Gasteiger partial charge < -0.3 is 14.7 Å². The van der Waals surface area contributed by atoms with Crippen LogP contribution in [0.2, 0.25) is 0 Å². The van der Waals surface area contributed by atoms with Crippen molar-refractivity contribution in [3.05, 3.63) is 120 Å². The molecule has 5 rings (SSSR count). The number of methoxy groups -OCH3 is 1. The van der Waals surface area contributed by atoms with Gasteiger partial charge in [0.1, 0.15) is 23.2 Å². The van der Waals surface area contributed by atoms with Crippen LogP contribution in [-0.2, 0) is 4.79 Å². The second-order valence-corrected chi connectivity index (χ2v) is 9.38. The lowest BCUT2D eigenvalue weighted by molar-refractivity contribution is -0.131. The number of carbonyl (C=O) groups is 1. The lowest BCUT2D eigenvalue weighted by atomic mass is 9.78. The van der Waals surface area contributed by atoms with Crippen LogP contribution in [0.1, 0.15) is 36.1 Å². The second kappa shape index (κ2) is 10.7. The van der Waals surface area contributed by atoms with E-state index in [1.165, 1.54) is 55.6 Å². The molecule has 0 aliphatic carbocycles. The Hall–Kier alpha value is -4.10. The van der Waals surface area contributed by atoms with Gasteiger partial charge >= 0.3 is 0 Å². The number of amides is 1. The molecule has 3 atom stereocenters. The number of aliphatic hydroxyl groups excluding tert-OH is 1. The topological polar surface area (TPSA) is 49.8 Å². The maximum Gasteiger partial charge on any atom is 0.233 e. The predicted octanol–water partition coefficient (Wildman–Crippen LogP) is 7.00. The van der Waals surface area contributed by atoms with Gasteiger partial charge in [-0.1, -0.05) is 36.4 Å². The zero-order valence-electron chi connectivity index (χ0n) is 20.7. The molecule has 0 spiro atoms. The summed E-state index contributed by atoms with van der Waals surface area (Å²) in [5, 5.41) is 10.6. The summed E-state index contributed by atoms with van der Waals surface area (Å²) < 4.78 is 46.0. The fourth-order valence-corrected chi connectivity index (χ4v) is 5.01. The number of aliphatic hydroxyl groups is 1. The number of benzene rings is 4. The number of nitrogens with zero attached hydrogens (tertiary/aromatic N) is 1. The third-order valence-corrected chi connectivity index (χ3v) is 7.02. The van der Waals surface area contributed by atoms with Gasteiger partial charge in [-0.15, -0.1) is 0 Å². The molecule has 4 aromatic rings. The molecule has 1 unspecified atom stereocenters. The number of hydrogen-bond donors (Lipinski definition) is 1. The predicted molar refractivity (Wildman–Crippen MR) is 139 cm³/mol. The number of β-lactam (4-membered cyclic amide) rings is 1. The monoisotopic (exact) mass is 517 g/mol. The van der Waals surface area contributed by atoms with Gasteiger partial charge in [0.2, 0.25) is 5.91 Å². The Morgan fingerprint density at radius 3 is 2.08 bits per heavy atom. The van der Waals surface area contributed by atoms with E-state index in [4.69, 9.17) is 4.74 Å². The van der Waals surface area contributed by atoms with Crippen molar-refractivity contribution in [3.8, 4) is 16.9 Å². The van der Waals surface area contributed by atoms with Gasteiger partial charge in [0.05, 0.1) is 25.2 Å². The van der Waals surface area contributed by atoms with Crippen molar-refractivity contribution in [1.82, 2.24) is 0 Å². The molecule has 1 N–H and O–H groups in total. The molecule has 0 bridgehead atoms. The van der Waals surface area contributed by atoms with E-state index in [0.717, 1.165) is 11.1 Å². The molecular weight excluding hydrogens is 491 g/mol. The van der Waals surface area contributed by atoms with E-state index in [0.29, 0.717) is 35.4 Å². The van der Waals surface area contributed by atoms with Crippen LogP contribution in [0.4, 0.5) is 18.9 Å². The lowest BCUT2D eigenvalue weighted by Crippen LogP contribution is -2.55. The van der Waals surface area contributed by atoms with Gasteiger partial charge in [-0.2, -0.15) is 0 Å². The molecule has 0 saturated carbocycles. The molecule has 1 aliphatic heterocycles. The standard InChI is InChI=1S/C31H26F3NO3/c1-38-27-17-22(16-25(34)18-27)19-2-4-21(5-3-19)30-28(14-15-29(36)20-6-8-23(32)9-7-20)31(37)35(30)26-12-10-24(33)11-13-26/h2-13,16-18,28-30,36H,14-15H2,1H3/t28?,29-,30+/m0/s1. The third-order valence-electron chi connectivity index (χ3n) is 7.02. The summed E-state index contributed by atoms with van der Waals surface area (Å²) in [5.74, 6) is -1.30. The summed E-state index contributed by atoms with van der Waals surface area (Å²) in [6.07, 6.45) is -0.117. The van der Waals surface area contributed by atoms with Crippen molar-refractivity contribution in [2.75, 3.05) is 12.0 Å². The summed E-state index contributed by atoms with van der Waals surface area (Å²) >= 11 is 0. The first-order valence-electron chi connectivity index (χ1n) is 12.3. The minimum atomic E-state index is -0.839. The largest absolute Gasteiger partial charge is 0.497 e. The fourth-order valence-electron chi connectivity index (χ4n) is 5.01. The van der Waals surface area contributed by atoms with Crippen LogP contribution in [0.5, 0.6) is 5.75 Å². The van der Waals surface area contributed by atoms with Crippen LogP contribution in [0, 0.1) is 23.4 Å². The molecule has 4 aromatic carbocycles. The molecule has 194 valence electrons. The van der Waals surface area contributed by atoms with Crippen LogP contribution in [-0.4, -0.2) is 18.1 Å². The van der Waals surface area contributed by atoms with Gasteiger partial charge in [-0.25, -0.2) is 13.2 Å². The van der Waals surface area contributed by atoms with E-state index < -0.39 is 23.7 Å². The minimum Gasteiger partial charge on any atom is -0.497 e. The molecule has 1 saturated heterocycles. The van der Waals surface area contributed by atoms with Crippen molar-refractivity contribution < 1.29 is 27.8 Å². The highest BCUT2D eigenvalue weighted by atomic mass is 19.1. The van der Waals surface area contributed by atoms with Crippen molar-refractivity contribution in [2.45, 2.75) is 25.0 Å². The van der Waals surface area contributed by atoms with E-state index in [9.17, 15) is 23.1 Å². The Bertz CT molecular complexity index is 1420. The number of halogens is 3. The highest BCUT2D eigenvalue weighted by molar-refractivity contribution is 6.03. The first-order valence-corrected chi connectivity index (χ1v) is 12.3. The molecule has 0 radical (unpaired) electrons. The molecular formula is C31H26F3NO3. The summed E-state index contributed by atoms with van der Waals surface area (Å²) in [6, 6.07) is 23.1. The second-order valence-electron chi connectivity index (χ2n) is 9.38. The Kier molecular flexibility index (Phi) is 7.20. The maximum atomic E-state index is 14.0. The zero-order chi connectivity index (χ0) is 26.8. The zero-order valence-corrected chi connectivity index (χ0v) is 20.7. The van der Waals surface area contributed by atoms with Gasteiger partial charge in [-0.05, 0) is 83.6 Å². The van der Waals surface area contributed by atoms with Crippen molar-refractivity contribution in [1.29, 1.82) is 0 Å². The smallest absolute Gasteiger partial charge is 0.233 e. The molecule has 1 heterocycles. The van der Waals surface area contributed by atoms with Crippen LogP contribution in [0.15, 0.2) is 91.0 Å². The molecule has 0 aromatic heterocycles. The SMILES string of the molecule is COc1cc(F)cc(-c2ccc([C@@H]3C(CC[C@H](O)c4ccc(F)cc4)C(=O)N3c3ccc(F)cc3)cc2)c1. The molecule has 4 nitrogen and oxygen atoms in total. The van der Waals surface area contributed by atoms with Crippen molar-refractivity contribution >= 4 is 11.6 Å². The van der Waals surface area contributed by atoms with Crippen molar-refractivity contribution in [3.63, 3.8) is 0 Å². The Morgan fingerprint density at radius 2 is 1.45 bits per heavy atom. The average molecular weight is 518 g/mol. The summed E-state index contributed by atoms with van der Waals surface area (Å²) in [6.45, 7) is 0. The van der Waals surface area contributed by atoms with Gasteiger partial charge in [-0.3, -0.25) is 4.79 Å². The van der Waals surface area contributed by atoms with Crippen LogP contribution >= 0.6 is 0 Å². The van der Waals surface area contributed by atoms with Crippen LogP contribution < -0.4 is 9.64 Å². The van der Waals surface area contributed by atoms with Gasteiger partial charge in [0.15, 0.2) is 0 Å². The Balaban J connectivity index is 1.41. The van der Waals surface area contributed by atoms with E-state index in [2.05, 4.69) is 0 Å². The maximum absolute atomic E-state index is 14.0. The average Bonchev–Trinajstić information content (AvgIpc) is 2.92. The summed E-state index contributed by atoms with van der Waals surface area (Å²) in [4.78, 5) is 14.9. The number of rotatable bonds is 8. The van der Waals surface area contributed by atoms with Crippen molar-refractivity contribution in [2.24, 2.45) is 5.92 Å². The lowest BCUT2D eigenvalue weighted by Gasteiger charge is -2.48. The highest BCUT2D eigenvalue weighted by Gasteiger charge is 2.48. The van der Waals surface area contributed by atoms with E-state index in [1.54, 1.807) is 23.1 Å². The molecule has 1 fully saturated rings. The minimum absolute atomic E-state index is 0.119. The third kappa shape index (κ3) is 5.15. The fraction of sp³-hybridized carbons (Fsp3) is 0.194. The number of carbonyl (C=O) groups excluding carboxylic acids is 1. The molecule has 7 heteroatoms. The summed E-state index contributed by atoms with van der Waals surface area (Å²) in [7, 11) is 1.48. The van der Waals surface area contributed by atoms with E-state index in [1.807, 2.05) is 24.3 Å². The van der Waals surface area contributed by atoms with Crippen LogP contribution in [0.3, 0.4) is 0 Å². The highest BCUT2D eigenvalue weighted by Crippen LogP contribution is 2.46. The van der Waals surface area contributed by atoms with Crippen LogP contribution in [0.25, 0.3) is 11.1 Å². The normalized spacial score (nSPS) is 17.7. The Morgan fingerprint density at radius 1 is 0.816 bits per heavy atom. The van der Waals surface area contributed by atoms with Gasteiger partial charge in [0, 0.05) is 11.8 Å². The number of ether oxygens (including phenoxy) is 1. The number of anilines is 1. The molecule has 38 heavy (non-hydrogen) atoms. The number of hydrogen-bond acceptors (Lipinski definition) is 3. The first-order chi connectivity index (χ1) is 18.3. The van der Waals surface area contributed by atoms with E-state index >= 15 is 0 Å². The van der Waals surface area contributed by atoms with E-state index in [-0.39, 0.29) is 17.8 Å². The van der Waals surface area contributed by atoms with Gasteiger partial charge in [0.25, 0.3) is 0 Å². The molecule has 1 aliphatic rings. The first kappa shape index (κ1) is 25.5. The Labute approximate surface area is 218 Å². The summed E-state index contributed by atoms with van der Waals surface area (Å²) in [5.41, 5.74) is 3.47.